The monoisotopic (exact) mass is 428 g/mol. The van der Waals surface area contributed by atoms with Gasteiger partial charge in [-0.05, 0) is 53.6 Å². The second-order valence-electron chi connectivity index (χ2n) is 8.21. The number of methoxy groups -OCH3 is 1. The molecule has 0 unspecified atom stereocenters. The minimum absolute atomic E-state index is 0.171. The first-order chi connectivity index (χ1) is 15.6. The number of carbonyl (C=O) groups is 1. The number of benzene rings is 2. The van der Waals surface area contributed by atoms with Crippen LogP contribution in [0.4, 0.5) is 0 Å². The number of carbonyl (C=O) groups excluding carboxylic acids is 1. The summed E-state index contributed by atoms with van der Waals surface area (Å²) in [5, 5.41) is 9.38. The zero-order valence-electron chi connectivity index (χ0n) is 19.1. The number of aromatic nitrogens is 1. The number of rotatable bonds is 11. The van der Waals surface area contributed by atoms with Crippen LogP contribution in [0.1, 0.15) is 61.4 Å². The first-order valence-corrected chi connectivity index (χ1v) is 11.5. The highest BCUT2D eigenvalue weighted by Crippen LogP contribution is 2.24. The molecule has 4 nitrogen and oxygen atoms in total. The van der Waals surface area contributed by atoms with Crippen LogP contribution in [0, 0.1) is 11.3 Å². The third-order valence-electron chi connectivity index (χ3n) is 5.84. The van der Waals surface area contributed by atoms with Crippen molar-refractivity contribution in [3.8, 4) is 17.2 Å². The zero-order chi connectivity index (χ0) is 22.8. The second kappa shape index (κ2) is 11.9. The molecule has 0 aliphatic rings. The molecule has 3 rings (SSSR count). The lowest BCUT2D eigenvalue weighted by Crippen LogP contribution is -2.03. The number of esters is 1. The lowest BCUT2D eigenvalue weighted by molar-refractivity contribution is -0.140. The Kier molecular flexibility index (Phi) is 8.69. The Hall–Kier alpha value is -3.32. The van der Waals surface area contributed by atoms with E-state index in [1.807, 2.05) is 24.3 Å². The predicted octanol–water partition coefficient (Wildman–Crippen LogP) is 6.30. The summed E-state index contributed by atoms with van der Waals surface area (Å²) in [5.74, 6) is -0.171. The van der Waals surface area contributed by atoms with E-state index >= 15 is 0 Å². The molecular formula is C28H32N2O2. The van der Waals surface area contributed by atoms with Crippen molar-refractivity contribution >= 4 is 5.97 Å². The Bertz CT molecular complexity index is 1060. The Labute approximate surface area is 191 Å². The SMILES string of the molecule is CCCCCCc1cc(CCC(=O)OC)cn1Cc1ccc(-c2ccccc2C#N)cc1. The highest BCUT2D eigenvalue weighted by molar-refractivity contribution is 5.70. The minimum atomic E-state index is -0.171. The molecule has 3 aromatic rings. The van der Waals surface area contributed by atoms with Crippen LogP contribution in [0.25, 0.3) is 11.1 Å². The van der Waals surface area contributed by atoms with E-state index in [9.17, 15) is 10.1 Å². The topological polar surface area (TPSA) is 55.0 Å². The van der Waals surface area contributed by atoms with Gasteiger partial charge in [0.1, 0.15) is 0 Å². The molecule has 0 bridgehead atoms. The van der Waals surface area contributed by atoms with Crippen LogP contribution >= 0.6 is 0 Å². The third kappa shape index (κ3) is 6.34. The maximum atomic E-state index is 11.6. The molecule has 2 aromatic carbocycles. The molecule has 0 amide bonds. The van der Waals surface area contributed by atoms with Crippen LogP contribution in [0.15, 0.2) is 60.8 Å². The first kappa shape index (κ1) is 23.3. The number of hydrogen-bond acceptors (Lipinski definition) is 3. The van der Waals surface area contributed by atoms with E-state index in [0.29, 0.717) is 18.4 Å². The molecule has 0 aliphatic heterocycles. The summed E-state index contributed by atoms with van der Waals surface area (Å²) in [6.45, 7) is 3.02. The Morgan fingerprint density at radius 3 is 2.50 bits per heavy atom. The molecular weight excluding hydrogens is 396 g/mol. The van der Waals surface area contributed by atoms with Gasteiger partial charge in [-0.3, -0.25) is 4.79 Å². The van der Waals surface area contributed by atoms with Gasteiger partial charge >= 0.3 is 5.97 Å². The van der Waals surface area contributed by atoms with E-state index in [1.54, 1.807) is 0 Å². The van der Waals surface area contributed by atoms with Crippen molar-refractivity contribution in [2.45, 2.75) is 58.4 Å². The second-order valence-corrected chi connectivity index (χ2v) is 8.21. The molecule has 1 heterocycles. The van der Waals surface area contributed by atoms with Crippen molar-refractivity contribution in [1.82, 2.24) is 4.57 Å². The molecule has 0 saturated heterocycles. The number of unbranched alkanes of at least 4 members (excludes halogenated alkanes) is 3. The standard InChI is InChI=1S/C28H32N2O2/c1-3-4-5-6-10-26-18-23(14-17-28(31)32-2)21-30(26)20-22-12-15-24(16-13-22)27-11-8-7-9-25(27)19-29/h7-9,11-13,15-16,18,21H,3-6,10,14,17,20H2,1-2H3. The number of hydrogen-bond donors (Lipinski definition) is 0. The van der Waals surface area contributed by atoms with Gasteiger partial charge in [0.25, 0.3) is 0 Å². The lowest BCUT2D eigenvalue weighted by Gasteiger charge is -2.11. The molecule has 1 aromatic heterocycles. The number of nitrogens with zero attached hydrogens (tertiary/aromatic N) is 2. The largest absolute Gasteiger partial charge is 0.469 e. The first-order valence-electron chi connectivity index (χ1n) is 11.5. The van der Waals surface area contributed by atoms with Crippen molar-refractivity contribution in [2.24, 2.45) is 0 Å². The Morgan fingerprint density at radius 1 is 1.00 bits per heavy atom. The summed E-state index contributed by atoms with van der Waals surface area (Å²) >= 11 is 0. The fourth-order valence-electron chi connectivity index (χ4n) is 4.02. The summed E-state index contributed by atoms with van der Waals surface area (Å²) in [7, 11) is 1.44. The van der Waals surface area contributed by atoms with Crippen LogP contribution in [0.2, 0.25) is 0 Å². The maximum Gasteiger partial charge on any atom is 0.305 e. The van der Waals surface area contributed by atoms with Crippen LogP contribution in [-0.2, 0) is 28.9 Å². The van der Waals surface area contributed by atoms with Crippen molar-refractivity contribution in [3.05, 3.63) is 83.2 Å². The van der Waals surface area contributed by atoms with Crippen LogP contribution < -0.4 is 0 Å². The summed E-state index contributed by atoms with van der Waals surface area (Å²) in [6.07, 6.45) is 9.25. The highest BCUT2D eigenvalue weighted by Gasteiger charge is 2.10. The van der Waals surface area contributed by atoms with E-state index < -0.39 is 0 Å². The lowest BCUT2D eigenvalue weighted by atomic mass is 9.99. The van der Waals surface area contributed by atoms with Crippen molar-refractivity contribution in [1.29, 1.82) is 5.26 Å². The summed E-state index contributed by atoms with van der Waals surface area (Å²) in [5.41, 5.74) is 6.42. The Morgan fingerprint density at radius 2 is 1.78 bits per heavy atom. The molecule has 0 aliphatic carbocycles. The summed E-state index contributed by atoms with van der Waals surface area (Å²) in [6, 6.07) is 20.7. The van der Waals surface area contributed by atoms with Gasteiger partial charge < -0.3 is 9.30 Å². The minimum Gasteiger partial charge on any atom is -0.469 e. The number of ether oxygens (including phenoxy) is 1. The molecule has 166 valence electrons. The molecule has 0 spiro atoms. The van der Waals surface area contributed by atoms with E-state index in [4.69, 9.17) is 4.74 Å². The summed E-state index contributed by atoms with van der Waals surface area (Å²) in [4.78, 5) is 11.6. The van der Waals surface area contributed by atoms with Crippen LogP contribution in [0.5, 0.6) is 0 Å². The smallest absolute Gasteiger partial charge is 0.305 e. The quantitative estimate of drug-likeness (QED) is 0.266. The predicted molar refractivity (Wildman–Crippen MR) is 128 cm³/mol. The van der Waals surface area contributed by atoms with E-state index in [-0.39, 0.29) is 5.97 Å². The molecule has 0 N–H and O–H groups in total. The van der Waals surface area contributed by atoms with Crippen LogP contribution in [0.3, 0.4) is 0 Å². The van der Waals surface area contributed by atoms with E-state index in [2.05, 4.69) is 54.1 Å². The van der Waals surface area contributed by atoms with Gasteiger partial charge in [-0.1, -0.05) is 68.7 Å². The van der Waals surface area contributed by atoms with Gasteiger partial charge in [0, 0.05) is 24.9 Å². The van der Waals surface area contributed by atoms with Gasteiger partial charge in [-0.15, -0.1) is 0 Å². The van der Waals surface area contributed by atoms with Crippen molar-refractivity contribution in [2.75, 3.05) is 7.11 Å². The molecule has 0 radical (unpaired) electrons. The third-order valence-corrected chi connectivity index (χ3v) is 5.84. The molecule has 0 fully saturated rings. The fraction of sp³-hybridized carbons (Fsp3) is 0.357. The maximum absolute atomic E-state index is 11.6. The molecule has 0 saturated carbocycles. The summed E-state index contributed by atoms with van der Waals surface area (Å²) < 4.78 is 7.11. The number of nitriles is 1. The van der Waals surface area contributed by atoms with Crippen molar-refractivity contribution in [3.63, 3.8) is 0 Å². The van der Waals surface area contributed by atoms with Crippen LogP contribution in [-0.4, -0.2) is 17.6 Å². The van der Waals surface area contributed by atoms with Gasteiger partial charge in [0.05, 0.1) is 18.7 Å². The normalized spacial score (nSPS) is 10.7. The van der Waals surface area contributed by atoms with Gasteiger partial charge in [0.15, 0.2) is 0 Å². The van der Waals surface area contributed by atoms with Gasteiger partial charge in [-0.2, -0.15) is 5.26 Å². The number of aryl methyl sites for hydroxylation is 2. The zero-order valence-corrected chi connectivity index (χ0v) is 19.1. The Balaban J connectivity index is 1.76. The average molecular weight is 429 g/mol. The highest BCUT2D eigenvalue weighted by atomic mass is 16.5. The van der Waals surface area contributed by atoms with Gasteiger partial charge in [0.2, 0.25) is 0 Å². The molecule has 4 heteroatoms. The van der Waals surface area contributed by atoms with Crippen molar-refractivity contribution < 1.29 is 9.53 Å². The molecule has 32 heavy (non-hydrogen) atoms. The fourth-order valence-corrected chi connectivity index (χ4v) is 4.02. The molecule has 0 atom stereocenters. The average Bonchev–Trinajstić information content (AvgIpc) is 3.22. The van der Waals surface area contributed by atoms with E-state index in [0.717, 1.165) is 24.1 Å². The van der Waals surface area contributed by atoms with E-state index in [1.165, 1.54) is 49.6 Å². The van der Waals surface area contributed by atoms with Gasteiger partial charge in [-0.25, -0.2) is 0 Å².